The SMILES string of the molecule is CC1=CC(C)/C(=C\C=C(/C)N(C(C)(C)C)C(C)(C)C)C(C)=C1C(=O)O. The van der Waals surface area contributed by atoms with Gasteiger partial charge in [-0.3, -0.25) is 0 Å². The molecule has 1 atom stereocenters. The second-order valence-electron chi connectivity index (χ2n) is 9.05. The van der Waals surface area contributed by atoms with Crippen LogP contribution in [0, 0.1) is 5.92 Å². The molecule has 0 amide bonds. The van der Waals surface area contributed by atoms with Crippen LogP contribution in [0.2, 0.25) is 0 Å². The largest absolute Gasteiger partial charge is 0.478 e. The van der Waals surface area contributed by atoms with Crippen molar-refractivity contribution in [2.24, 2.45) is 5.92 Å². The lowest BCUT2D eigenvalue weighted by Gasteiger charge is -2.48. The fourth-order valence-electron chi connectivity index (χ4n) is 4.28. The molecule has 0 aromatic heterocycles. The predicted octanol–water partition coefficient (Wildman–Crippen LogP) is 5.71. The maximum Gasteiger partial charge on any atom is 0.336 e. The second-order valence-corrected chi connectivity index (χ2v) is 9.05. The van der Waals surface area contributed by atoms with Gasteiger partial charge in [0.2, 0.25) is 0 Å². The highest BCUT2D eigenvalue weighted by Gasteiger charge is 2.31. The molecule has 0 fully saturated rings. The summed E-state index contributed by atoms with van der Waals surface area (Å²) in [5, 5.41) is 9.51. The first-order valence-electron chi connectivity index (χ1n) is 9.00. The van der Waals surface area contributed by atoms with Gasteiger partial charge in [0, 0.05) is 16.8 Å². The molecule has 0 spiro atoms. The highest BCUT2D eigenvalue weighted by Crippen LogP contribution is 2.34. The van der Waals surface area contributed by atoms with Gasteiger partial charge in [-0.2, -0.15) is 0 Å². The van der Waals surface area contributed by atoms with Crippen LogP contribution in [0.25, 0.3) is 0 Å². The number of allylic oxidation sites excluding steroid dienone is 6. The van der Waals surface area contributed by atoms with E-state index in [0.717, 1.165) is 16.7 Å². The van der Waals surface area contributed by atoms with Crippen LogP contribution >= 0.6 is 0 Å². The zero-order valence-electron chi connectivity index (χ0n) is 17.6. The van der Waals surface area contributed by atoms with Crippen molar-refractivity contribution in [3.63, 3.8) is 0 Å². The van der Waals surface area contributed by atoms with Crippen molar-refractivity contribution in [1.82, 2.24) is 4.90 Å². The fourth-order valence-corrected chi connectivity index (χ4v) is 4.28. The summed E-state index contributed by atoms with van der Waals surface area (Å²) in [6, 6.07) is 0. The Morgan fingerprint density at radius 3 is 2.00 bits per heavy atom. The molecule has 0 heterocycles. The molecule has 1 unspecified atom stereocenters. The van der Waals surface area contributed by atoms with E-state index in [9.17, 15) is 9.90 Å². The normalized spacial score (nSPS) is 21.5. The monoisotopic (exact) mass is 345 g/mol. The Hall–Kier alpha value is -1.77. The minimum absolute atomic E-state index is 0.00310. The Morgan fingerprint density at radius 2 is 1.60 bits per heavy atom. The van der Waals surface area contributed by atoms with Crippen LogP contribution in [0.15, 0.2) is 46.2 Å². The average molecular weight is 346 g/mol. The summed E-state index contributed by atoms with van der Waals surface area (Å²) in [5.41, 5.74) is 4.40. The van der Waals surface area contributed by atoms with Crippen LogP contribution in [-0.4, -0.2) is 27.1 Å². The Morgan fingerprint density at radius 1 is 1.12 bits per heavy atom. The lowest BCUT2D eigenvalue weighted by atomic mass is 9.82. The zero-order chi connectivity index (χ0) is 19.7. The minimum atomic E-state index is -0.851. The number of carbonyl (C=O) groups is 1. The van der Waals surface area contributed by atoms with Crippen molar-refractivity contribution in [2.75, 3.05) is 0 Å². The molecule has 0 aliphatic heterocycles. The van der Waals surface area contributed by atoms with Gasteiger partial charge in [0.05, 0.1) is 5.57 Å². The Balaban J connectivity index is 3.38. The zero-order valence-corrected chi connectivity index (χ0v) is 17.6. The molecule has 140 valence electrons. The molecule has 0 bridgehead atoms. The number of carboxylic acids is 1. The van der Waals surface area contributed by atoms with Gasteiger partial charge >= 0.3 is 5.97 Å². The third-order valence-electron chi connectivity index (χ3n) is 4.61. The first kappa shape index (κ1) is 21.3. The van der Waals surface area contributed by atoms with Crippen molar-refractivity contribution in [3.05, 3.63) is 46.2 Å². The van der Waals surface area contributed by atoms with Crippen LogP contribution in [0.1, 0.15) is 69.2 Å². The van der Waals surface area contributed by atoms with E-state index < -0.39 is 5.97 Å². The number of hydrogen-bond donors (Lipinski definition) is 1. The highest BCUT2D eigenvalue weighted by atomic mass is 16.4. The maximum absolute atomic E-state index is 11.6. The smallest absolute Gasteiger partial charge is 0.336 e. The molecule has 1 rings (SSSR count). The first-order valence-corrected chi connectivity index (χ1v) is 9.00. The van der Waals surface area contributed by atoms with E-state index in [1.54, 1.807) is 0 Å². The van der Waals surface area contributed by atoms with Crippen LogP contribution < -0.4 is 0 Å². The molecule has 3 heteroatoms. The second kappa shape index (κ2) is 7.23. The van der Waals surface area contributed by atoms with Gasteiger partial charge in [-0.1, -0.05) is 19.1 Å². The number of rotatable bonds is 3. The van der Waals surface area contributed by atoms with Gasteiger partial charge in [-0.25, -0.2) is 4.79 Å². The lowest BCUT2D eigenvalue weighted by molar-refractivity contribution is -0.132. The molecule has 3 nitrogen and oxygen atoms in total. The quantitative estimate of drug-likeness (QED) is 0.712. The molecular formula is C22H35NO2. The first-order chi connectivity index (χ1) is 11.2. The molecule has 0 radical (unpaired) electrons. The summed E-state index contributed by atoms with van der Waals surface area (Å²) in [6.07, 6.45) is 6.25. The molecule has 0 saturated heterocycles. The van der Waals surface area contributed by atoms with E-state index in [2.05, 4.69) is 72.4 Å². The van der Waals surface area contributed by atoms with Crippen LogP contribution in [-0.2, 0) is 4.79 Å². The summed E-state index contributed by atoms with van der Waals surface area (Å²) >= 11 is 0. The maximum atomic E-state index is 11.6. The third-order valence-corrected chi connectivity index (χ3v) is 4.61. The lowest BCUT2D eigenvalue weighted by Crippen LogP contribution is -2.51. The van der Waals surface area contributed by atoms with E-state index in [1.165, 1.54) is 5.70 Å². The summed E-state index contributed by atoms with van der Waals surface area (Å²) in [4.78, 5) is 14.0. The van der Waals surface area contributed by atoms with E-state index in [-0.39, 0.29) is 17.0 Å². The molecule has 1 aliphatic rings. The standard InChI is InChI=1S/C22H35NO2/c1-14-13-15(2)19(20(24)25)17(4)18(14)12-11-16(3)23(21(5,6)7)22(8,9)10/h11-14H,1-10H3,(H,24,25)/b16-11+,18-12+. The summed E-state index contributed by atoms with van der Waals surface area (Å²) in [6.45, 7) is 21.3. The van der Waals surface area contributed by atoms with E-state index in [4.69, 9.17) is 0 Å². The van der Waals surface area contributed by atoms with Gasteiger partial charge < -0.3 is 10.0 Å². The van der Waals surface area contributed by atoms with Gasteiger partial charge in [0.25, 0.3) is 0 Å². The summed E-state index contributed by atoms with van der Waals surface area (Å²) in [5.74, 6) is -0.638. The molecule has 25 heavy (non-hydrogen) atoms. The molecule has 1 N–H and O–H groups in total. The molecular weight excluding hydrogens is 310 g/mol. The number of carboxylic acid groups (broad SMARTS) is 1. The van der Waals surface area contributed by atoms with Crippen molar-refractivity contribution >= 4 is 5.97 Å². The minimum Gasteiger partial charge on any atom is -0.478 e. The average Bonchev–Trinajstić information content (AvgIpc) is 2.33. The fraction of sp³-hybridized carbons (Fsp3) is 0.591. The molecule has 0 aromatic carbocycles. The van der Waals surface area contributed by atoms with Crippen LogP contribution in [0.5, 0.6) is 0 Å². The van der Waals surface area contributed by atoms with Crippen molar-refractivity contribution in [2.45, 2.75) is 80.3 Å². The Bertz CT molecular complexity index is 647. The van der Waals surface area contributed by atoms with Crippen molar-refractivity contribution < 1.29 is 9.90 Å². The molecule has 0 saturated carbocycles. The number of nitrogens with zero attached hydrogens (tertiary/aromatic N) is 1. The van der Waals surface area contributed by atoms with E-state index in [0.29, 0.717) is 5.57 Å². The summed E-state index contributed by atoms with van der Waals surface area (Å²) < 4.78 is 0. The van der Waals surface area contributed by atoms with Gasteiger partial charge in [-0.15, -0.1) is 0 Å². The topological polar surface area (TPSA) is 40.5 Å². The van der Waals surface area contributed by atoms with Crippen LogP contribution in [0.4, 0.5) is 0 Å². The predicted molar refractivity (Wildman–Crippen MR) is 106 cm³/mol. The number of hydrogen-bond acceptors (Lipinski definition) is 2. The number of aliphatic carboxylic acids is 1. The Labute approximate surface area is 153 Å². The van der Waals surface area contributed by atoms with Crippen LogP contribution in [0.3, 0.4) is 0 Å². The van der Waals surface area contributed by atoms with Crippen molar-refractivity contribution in [1.29, 1.82) is 0 Å². The summed E-state index contributed by atoms with van der Waals surface area (Å²) in [7, 11) is 0. The highest BCUT2D eigenvalue weighted by molar-refractivity contribution is 5.94. The van der Waals surface area contributed by atoms with E-state index >= 15 is 0 Å². The van der Waals surface area contributed by atoms with Gasteiger partial charge in [-0.05, 0) is 91.0 Å². The van der Waals surface area contributed by atoms with Gasteiger partial charge in [0.1, 0.15) is 0 Å². The molecule has 1 aliphatic carbocycles. The van der Waals surface area contributed by atoms with E-state index in [1.807, 2.05) is 19.9 Å². The van der Waals surface area contributed by atoms with Crippen molar-refractivity contribution in [3.8, 4) is 0 Å². The molecule has 0 aromatic rings. The third kappa shape index (κ3) is 4.87. The van der Waals surface area contributed by atoms with Gasteiger partial charge in [0.15, 0.2) is 0 Å². The Kier molecular flexibility index (Phi) is 6.15.